The quantitative estimate of drug-likeness (QED) is 0.842. The number of nitrogens with zero attached hydrogens (tertiary/aromatic N) is 4. The van der Waals surface area contributed by atoms with Gasteiger partial charge in [-0.2, -0.15) is 0 Å². The van der Waals surface area contributed by atoms with E-state index in [1.165, 1.54) is 19.3 Å². The minimum absolute atomic E-state index is 0.0561. The second-order valence-corrected chi connectivity index (χ2v) is 6.91. The molecule has 5 heteroatoms. The van der Waals surface area contributed by atoms with Gasteiger partial charge in [0.05, 0.1) is 0 Å². The van der Waals surface area contributed by atoms with Gasteiger partial charge in [0.2, 0.25) is 5.95 Å². The Hall–Kier alpha value is -1.65. The first-order chi connectivity index (χ1) is 10.6. The van der Waals surface area contributed by atoms with E-state index in [9.17, 15) is 4.79 Å². The van der Waals surface area contributed by atoms with Crippen molar-refractivity contribution in [1.82, 2.24) is 14.9 Å². The van der Waals surface area contributed by atoms with Crippen LogP contribution in [0.4, 0.5) is 5.95 Å². The van der Waals surface area contributed by atoms with Crippen LogP contribution >= 0.6 is 0 Å². The van der Waals surface area contributed by atoms with Crippen LogP contribution in [0.25, 0.3) is 0 Å². The highest BCUT2D eigenvalue weighted by atomic mass is 16.2. The van der Waals surface area contributed by atoms with Crippen molar-refractivity contribution in [3.63, 3.8) is 0 Å². The number of piperidine rings is 2. The minimum atomic E-state index is 0.0561. The predicted octanol–water partition coefficient (Wildman–Crippen LogP) is 2.59. The number of rotatable bonds is 2. The SMILES string of the molecule is CC1CCN(c2nccc(C(=O)N3CCCC(C)C3)n2)CC1. The highest BCUT2D eigenvalue weighted by Crippen LogP contribution is 2.21. The molecule has 1 atom stereocenters. The van der Waals surface area contributed by atoms with E-state index in [1.54, 1.807) is 12.3 Å². The summed E-state index contributed by atoms with van der Waals surface area (Å²) >= 11 is 0. The van der Waals surface area contributed by atoms with E-state index in [-0.39, 0.29) is 5.91 Å². The highest BCUT2D eigenvalue weighted by Gasteiger charge is 2.24. The summed E-state index contributed by atoms with van der Waals surface area (Å²) in [7, 11) is 0. The number of hydrogen-bond acceptors (Lipinski definition) is 4. The maximum absolute atomic E-state index is 12.6. The van der Waals surface area contributed by atoms with E-state index < -0.39 is 0 Å². The number of carbonyl (C=O) groups excluding carboxylic acids is 1. The molecule has 2 fully saturated rings. The Morgan fingerprint density at radius 1 is 1.14 bits per heavy atom. The van der Waals surface area contributed by atoms with Crippen molar-refractivity contribution in [2.45, 2.75) is 39.5 Å². The van der Waals surface area contributed by atoms with Crippen molar-refractivity contribution in [2.24, 2.45) is 11.8 Å². The van der Waals surface area contributed by atoms with E-state index in [0.29, 0.717) is 17.6 Å². The Balaban J connectivity index is 1.71. The lowest BCUT2D eigenvalue weighted by molar-refractivity contribution is 0.0677. The summed E-state index contributed by atoms with van der Waals surface area (Å²) in [6.45, 7) is 8.16. The van der Waals surface area contributed by atoms with E-state index in [1.807, 2.05) is 4.90 Å². The number of carbonyl (C=O) groups is 1. The van der Waals surface area contributed by atoms with E-state index >= 15 is 0 Å². The third kappa shape index (κ3) is 3.39. The smallest absolute Gasteiger partial charge is 0.272 e. The van der Waals surface area contributed by atoms with Gasteiger partial charge in [0.15, 0.2) is 0 Å². The molecule has 3 rings (SSSR count). The van der Waals surface area contributed by atoms with Crippen molar-refractivity contribution in [2.75, 3.05) is 31.1 Å². The standard InChI is InChI=1S/C17H26N4O/c1-13-6-10-20(11-7-13)17-18-8-5-15(19-17)16(22)21-9-3-4-14(2)12-21/h5,8,13-14H,3-4,6-7,9-12H2,1-2H3. The molecule has 0 spiro atoms. The molecule has 1 aromatic rings. The van der Waals surface area contributed by atoms with Crippen LogP contribution in [0.5, 0.6) is 0 Å². The number of aromatic nitrogens is 2. The topological polar surface area (TPSA) is 49.3 Å². The first-order valence-electron chi connectivity index (χ1n) is 8.50. The summed E-state index contributed by atoms with van der Waals surface area (Å²) in [5.41, 5.74) is 0.540. The van der Waals surface area contributed by atoms with Crippen LogP contribution in [-0.2, 0) is 0 Å². The van der Waals surface area contributed by atoms with Crippen LogP contribution in [0, 0.1) is 11.8 Å². The summed E-state index contributed by atoms with van der Waals surface area (Å²) in [5, 5.41) is 0. The Bertz CT molecular complexity index is 525. The van der Waals surface area contributed by atoms with E-state index in [0.717, 1.165) is 38.5 Å². The normalized spacial score (nSPS) is 23.6. The summed E-state index contributed by atoms with van der Waals surface area (Å²) < 4.78 is 0. The van der Waals surface area contributed by atoms with E-state index in [4.69, 9.17) is 0 Å². The van der Waals surface area contributed by atoms with Gasteiger partial charge in [0, 0.05) is 32.4 Å². The van der Waals surface area contributed by atoms with Gasteiger partial charge < -0.3 is 9.80 Å². The van der Waals surface area contributed by atoms with Crippen molar-refractivity contribution in [3.05, 3.63) is 18.0 Å². The fraction of sp³-hybridized carbons (Fsp3) is 0.706. The predicted molar refractivity (Wildman–Crippen MR) is 86.9 cm³/mol. The van der Waals surface area contributed by atoms with Crippen LogP contribution < -0.4 is 4.90 Å². The van der Waals surface area contributed by atoms with Gasteiger partial charge in [-0.3, -0.25) is 4.79 Å². The summed E-state index contributed by atoms with van der Waals surface area (Å²) in [5.74, 6) is 2.13. The molecule has 0 N–H and O–H groups in total. The molecule has 0 aromatic carbocycles. The number of amides is 1. The fourth-order valence-electron chi connectivity index (χ4n) is 3.36. The van der Waals surface area contributed by atoms with Gasteiger partial charge in [-0.15, -0.1) is 0 Å². The third-order valence-electron chi connectivity index (χ3n) is 4.87. The third-order valence-corrected chi connectivity index (χ3v) is 4.87. The van der Waals surface area contributed by atoms with Gasteiger partial charge in [-0.25, -0.2) is 9.97 Å². The zero-order valence-electron chi connectivity index (χ0n) is 13.7. The van der Waals surface area contributed by atoms with Gasteiger partial charge in [-0.05, 0) is 43.6 Å². The molecule has 1 aromatic heterocycles. The molecule has 3 heterocycles. The molecular formula is C17H26N4O. The number of likely N-dealkylation sites (tertiary alicyclic amines) is 1. The van der Waals surface area contributed by atoms with Crippen molar-refractivity contribution < 1.29 is 4.79 Å². The first-order valence-corrected chi connectivity index (χ1v) is 8.50. The second kappa shape index (κ2) is 6.63. The Kier molecular flexibility index (Phi) is 4.60. The minimum Gasteiger partial charge on any atom is -0.341 e. The molecule has 2 aliphatic heterocycles. The fourth-order valence-corrected chi connectivity index (χ4v) is 3.36. The van der Waals surface area contributed by atoms with Crippen molar-refractivity contribution in [3.8, 4) is 0 Å². The van der Waals surface area contributed by atoms with Crippen molar-refractivity contribution in [1.29, 1.82) is 0 Å². The first kappa shape index (κ1) is 15.3. The maximum atomic E-state index is 12.6. The molecule has 2 aliphatic rings. The van der Waals surface area contributed by atoms with Gasteiger partial charge in [-0.1, -0.05) is 13.8 Å². The molecule has 0 radical (unpaired) electrons. The van der Waals surface area contributed by atoms with Gasteiger partial charge in [0.1, 0.15) is 5.69 Å². The lowest BCUT2D eigenvalue weighted by atomic mass is 9.99. The zero-order chi connectivity index (χ0) is 15.5. The molecule has 2 saturated heterocycles. The molecule has 0 saturated carbocycles. The largest absolute Gasteiger partial charge is 0.341 e. The van der Waals surface area contributed by atoms with Crippen LogP contribution in [0.3, 0.4) is 0 Å². The Morgan fingerprint density at radius 2 is 1.91 bits per heavy atom. The molecule has 1 amide bonds. The number of hydrogen-bond donors (Lipinski definition) is 0. The average Bonchev–Trinajstić information content (AvgIpc) is 2.55. The lowest BCUT2D eigenvalue weighted by Gasteiger charge is -2.32. The monoisotopic (exact) mass is 302 g/mol. The van der Waals surface area contributed by atoms with Gasteiger partial charge in [0.25, 0.3) is 5.91 Å². The molecule has 0 aliphatic carbocycles. The molecule has 1 unspecified atom stereocenters. The highest BCUT2D eigenvalue weighted by molar-refractivity contribution is 5.92. The lowest BCUT2D eigenvalue weighted by Crippen LogP contribution is -2.40. The Morgan fingerprint density at radius 3 is 2.64 bits per heavy atom. The molecule has 120 valence electrons. The average molecular weight is 302 g/mol. The zero-order valence-corrected chi connectivity index (χ0v) is 13.7. The van der Waals surface area contributed by atoms with E-state index in [2.05, 4.69) is 28.7 Å². The van der Waals surface area contributed by atoms with Crippen LogP contribution in [0.1, 0.15) is 50.0 Å². The molecule has 5 nitrogen and oxygen atoms in total. The van der Waals surface area contributed by atoms with Crippen LogP contribution in [-0.4, -0.2) is 47.0 Å². The second-order valence-electron chi connectivity index (χ2n) is 6.91. The van der Waals surface area contributed by atoms with Crippen LogP contribution in [0.2, 0.25) is 0 Å². The molecule has 22 heavy (non-hydrogen) atoms. The summed E-state index contributed by atoms with van der Waals surface area (Å²) in [4.78, 5) is 25.7. The molecule has 0 bridgehead atoms. The Labute approximate surface area is 132 Å². The number of anilines is 1. The van der Waals surface area contributed by atoms with Gasteiger partial charge >= 0.3 is 0 Å². The van der Waals surface area contributed by atoms with Crippen LogP contribution in [0.15, 0.2) is 12.3 Å². The summed E-state index contributed by atoms with van der Waals surface area (Å²) in [6, 6.07) is 1.75. The summed E-state index contributed by atoms with van der Waals surface area (Å²) in [6.07, 6.45) is 6.37. The van der Waals surface area contributed by atoms with Crippen molar-refractivity contribution >= 4 is 11.9 Å². The maximum Gasteiger partial charge on any atom is 0.272 e. The molecular weight excluding hydrogens is 276 g/mol.